The molecule has 0 unspecified atom stereocenters. The van der Waals surface area contributed by atoms with Crippen LogP contribution in [0.5, 0.6) is 0 Å². The molecule has 8 heteroatoms. The first-order valence-corrected chi connectivity index (χ1v) is 10.8. The SMILES string of the molecule is CN(Cc1ccccc1Br)C(=O)c1ccc(S(=O)(=O)NCc2ccco2)cc1. The van der Waals surface area contributed by atoms with Crippen LogP contribution in [0.25, 0.3) is 0 Å². The second-order valence-electron chi connectivity index (χ2n) is 6.18. The van der Waals surface area contributed by atoms with E-state index >= 15 is 0 Å². The number of rotatable bonds is 7. The molecule has 1 heterocycles. The third-order valence-electron chi connectivity index (χ3n) is 4.14. The molecule has 1 amide bonds. The van der Waals surface area contributed by atoms with Crippen LogP contribution in [-0.4, -0.2) is 26.3 Å². The molecule has 3 rings (SSSR count). The average molecular weight is 463 g/mol. The van der Waals surface area contributed by atoms with Crippen molar-refractivity contribution in [1.82, 2.24) is 9.62 Å². The van der Waals surface area contributed by atoms with Gasteiger partial charge >= 0.3 is 0 Å². The zero-order valence-corrected chi connectivity index (χ0v) is 17.5. The fourth-order valence-electron chi connectivity index (χ4n) is 2.61. The lowest BCUT2D eigenvalue weighted by atomic mass is 10.1. The van der Waals surface area contributed by atoms with Gasteiger partial charge in [-0.3, -0.25) is 4.79 Å². The van der Waals surface area contributed by atoms with Gasteiger partial charge in [0.2, 0.25) is 10.0 Å². The van der Waals surface area contributed by atoms with Gasteiger partial charge in [-0.2, -0.15) is 0 Å². The molecule has 0 fully saturated rings. The number of nitrogens with one attached hydrogen (secondary N) is 1. The monoisotopic (exact) mass is 462 g/mol. The summed E-state index contributed by atoms with van der Waals surface area (Å²) in [5, 5.41) is 0. The molecule has 2 aromatic carbocycles. The van der Waals surface area contributed by atoms with Gasteiger partial charge in [-0.25, -0.2) is 13.1 Å². The molecule has 28 heavy (non-hydrogen) atoms. The molecule has 0 saturated carbocycles. The Morgan fingerprint density at radius 1 is 1.07 bits per heavy atom. The van der Waals surface area contributed by atoms with Crippen molar-refractivity contribution in [3.8, 4) is 0 Å². The smallest absolute Gasteiger partial charge is 0.253 e. The molecule has 0 spiro atoms. The molecule has 0 bridgehead atoms. The van der Waals surface area contributed by atoms with Gasteiger partial charge in [-0.05, 0) is 48.0 Å². The van der Waals surface area contributed by atoms with Crippen LogP contribution in [0.3, 0.4) is 0 Å². The molecule has 0 saturated heterocycles. The van der Waals surface area contributed by atoms with E-state index in [0.29, 0.717) is 17.9 Å². The van der Waals surface area contributed by atoms with E-state index in [-0.39, 0.29) is 17.3 Å². The Morgan fingerprint density at radius 3 is 2.43 bits per heavy atom. The van der Waals surface area contributed by atoms with Crippen molar-refractivity contribution in [3.05, 3.63) is 88.3 Å². The summed E-state index contributed by atoms with van der Waals surface area (Å²) in [6, 6.07) is 16.9. The lowest BCUT2D eigenvalue weighted by molar-refractivity contribution is 0.0784. The molecule has 0 aliphatic rings. The number of halogens is 1. The molecule has 1 aromatic heterocycles. The molecule has 0 atom stereocenters. The first kappa shape index (κ1) is 20.3. The quantitative estimate of drug-likeness (QED) is 0.578. The van der Waals surface area contributed by atoms with Crippen LogP contribution >= 0.6 is 15.9 Å². The Morgan fingerprint density at radius 2 is 1.79 bits per heavy atom. The molecule has 3 aromatic rings. The number of hydrogen-bond acceptors (Lipinski definition) is 4. The zero-order valence-electron chi connectivity index (χ0n) is 15.1. The molecule has 6 nitrogen and oxygen atoms in total. The first-order valence-electron chi connectivity index (χ1n) is 8.48. The molecular weight excluding hydrogens is 444 g/mol. The van der Waals surface area contributed by atoms with Crippen LogP contribution in [0.15, 0.2) is 80.7 Å². The van der Waals surface area contributed by atoms with Gasteiger partial charge in [0, 0.05) is 23.6 Å². The number of carbonyl (C=O) groups is 1. The van der Waals surface area contributed by atoms with Crippen molar-refractivity contribution in [1.29, 1.82) is 0 Å². The Balaban J connectivity index is 1.67. The Hall–Kier alpha value is -2.42. The van der Waals surface area contributed by atoms with Gasteiger partial charge in [-0.15, -0.1) is 0 Å². The van der Waals surface area contributed by atoms with E-state index in [1.165, 1.54) is 30.5 Å². The van der Waals surface area contributed by atoms with E-state index in [1.54, 1.807) is 24.1 Å². The van der Waals surface area contributed by atoms with Crippen molar-refractivity contribution < 1.29 is 17.6 Å². The summed E-state index contributed by atoms with van der Waals surface area (Å²) in [6.07, 6.45) is 1.48. The van der Waals surface area contributed by atoms with Crippen LogP contribution < -0.4 is 4.72 Å². The Labute approximate surface area is 172 Å². The van der Waals surface area contributed by atoms with Crippen LogP contribution in [0.4, 0.5) is 0 Å². The van der Waals surface area contributed by atoms with Crippen LogP contribution in [0.1, 0.15) is 21.7 Å². The lowest BCUT2D eigenvalue weighted by Crippen LogP contribution is -2.26. The summed E-state index contributed by atoms with van der Waals surface area (Å²) in [5.41, 5.74) is 1.40. The fraction of sp³-hybridized carbons (Fsp3) is 0.150. The van der Waals surface area contributed by atoms with Gasteiger partial charge in [0.1, 0.15) is 5.76 Å². The Bertz CT molecular complexity index is 1050. The van der Waals surface area contributed by atoms with Crippen molar-refractivity contribution in [2.45, 2.75) is 18.0 Å². The second kappa shape index (κ2) is 8.72. The average Bonchev–Trinajstić information content (AvgIpc) is 3.21. The lowest BCUT2D eigenvalue weighted by Gasteiger charge is -2.18. The van der Waals surface area contributed by atoms with Crippen molar-refractivity contribution in [2.24, 2.45) is 0 Å². The van der Waals surface area contributed by atoms with Gasteiger partial charge in [0.25, 0.3) is 5.91 Å². The fourth-order valence-corrected chi connectivity index (χ4v) is 4.02. The number of benzene rings is 2. The van der Waals surface area contributed by atoms with Crippen LogP contribution in [0.2, 0.25) is 0 Å². The predicted molar refractivity (Wildman–Crippen MR) is 109 cm³/mol. The minimum atomic E-state index is -3.69. The van der Waals surface area contributed by atoms with E-state index < -0.39 is 10.0 Å². The maximum atomic E-state index is 12.6. The highest BCUT2D eigenvalue weighted by Gasteiger charge is 2.17. The van der Waals surface area contributed by atoms with Gasteiger partial charge in [0.15, 0.2) is 0 Å². The maximum absolute atomic E-state index is 12.6. The summed E-state index contributed by atoms with van der Waals surface area (Å²) < 4.78 is 33.2. The highest BCUT2D eigenvalue weighted by molar-refractivity contribution is 9.10. The highest BCUT2D eigenvalue weighted by Crippen LogP contribution is 2.19. The summed E-state index contributed by atoms with van der Waals surface area (Å²) in [5.74, 6) is 0.326. The number of furan rings is 1. The van der Waals surface area contributed by atoms with Crippen LogP contribution in [-0.2, 0) is 23.1 Å². The topological polar surface area (TPSA) is 79.6 Å². The number of carbonyl (C=O) groups excluding carboxylic acids is 1. The van der Waals surface area contributed by atoms with Gasteiger partial charge < -0.3 is 9.32 Å². The predicted octanol–water partition coefficient (Wildman–Crippen LogP) is 3.79. The van der Waals surface area contributed by atoms with Gasteiger partial charge in [0.05, 0.1) is 17.7 Å². The van der Waals surface area contributed by atoms with E-state index in [1.807, 2.05) is 24.3 Å². The number of sulfonamides is 1. The van der Waals surface area contributed by atoms with E-state index in [4.69, 9.17) is 4.42 Å². The number of hydrogen-bond donors (Lipinski definition) is 1. The second-order valence-corrected chi connectivity index (χ2v) is 8.80. The standard InChI is InChI=1S/C20H19BrN2O4S/c1-23(14-16-5-2-3-7-19(16)21)20(24)15-8-10-18(11-9-15)28(25,26)22-13-17-6-4-12-27-17/h2-12,22H,13-14H2,1H3. The highest BCUT2D eigenvalue weighted by atomic mass is 79.9. The summed E-state index contributed by atoms with van der Waals surface area (Å²) >= 11 is 3.47. The minimum Gasteiger partial charge on any atom is -0.468 e. The van der Waals surface area contributed by atoms with Crippen molar-refractivity contribution >= 4 is 31.9 Å². The van der Waals surface area contributed by atoms with Crippen LogP contribution in [0, 0.1) is 0 Å². The van der Waals surface area contributed by atoms with E-state index in [2.05, 4.69) is 20.7 Å². The molecule has 0 radical (unpaired) electrons. The minimum absolute atomic E-state index is 0.0602. The first-order chi connectivity index (χ1) is 13.4. The molecule has 0 aliphatic carbocycles. The normalized spacial score (nSPS) is 11.4. The van der Waals surface area contributed by atoms with E-state index in [9.17, 15) is 13.2 Å². The third-order valence-corrected chi connectivity index (χ3v) is 6.33. The number of amides is 1. The van der Waals surface area contributed by atoms with Crippen molar-refractivity contribution in [3.63, 3.8) is 0 Å². The zero-order chi connectivity index (χ0) is 20.1. The third kappa shape index (κ3) is 4.89. The molecular formula is C20H19BrN2O4S. The van der Waals surface area contributed by atoms with Gasteiger partial charge in [-0.1, -0.05) is 34.1 Å². The maximum Gasteiger partial charge on any atom is 0.253 e. The molecule has 0 aliphatic heterocycles. The molecule has 1 N–H and O–H groups in total. The largest absolute Gasteiger partial charge is 0.468 e. The summed E-state index contributed by atoms with van der Waals surface area (Å²) in [7, 11) is -1.99. The summed E-state index contributed by atoms with van der Waals surface area (Å²) in [4.78, 5) is 14.3. The summed E-state index contributed by atoms with van der Waals surface area (Å²) in [6.45, 7) is 0.496. The Kier molecular flexibility index (Phi) is 6.33. The number of nitrogens with zero attached hydrogens (tertiary/aromatic N) is 1. The molecule has 146 valence electrons. The van der Waals surface area contributed by atoms with Crippen molar-refractivity contribution in [2.75, 3.05) is 7.05 Å². The van der Waals surface area contributed by atoms with E-state index in [0.717, 1.165) is 10.0 Å².